The lowest BCUT2D eigenvalue weighted by molar-refractivity contribution is 0.247. The van der Waals surface area contributed by atoms with Gasteiger partial charge in [-0.05, 0) is 45.4 Å². The van der Waals surface area contributed by atoms with Crippen molar-refractivity contribution in [2.45, 2.75) is 26.2 Å². The summed E-state index contributed by atoms with van der Waals surface area (Å²) in [4.78, 5) is 2.38. The number of hydrogen-bond acceptors (Lipinski definition) is 3. The Balaban J connectivity index is 3.26. The molecule has 0 aromatic heterocycles. The fourth-order valence-electron chi connectivity index (χ4n) is 1.19. The highest BCUT2D eigenvalue weighted by molar-refractivity contribution is 4.55. The summed E-state index contributed by atoms with van der Waals surface area (Å²) in [6.07, 6.45) is 3.08. The van der Waals surface area contributed by atoms with Crippen LogP contribution in [0.1, 0.15) is 26.2 Å². The quantitative estimate of drug-likeness (QED) is 0.525. The van der Waals surface area contributed by atoms with Crippen molar-refractivity contribution in [3.05, 3.63) is 0 Å². The standard InChI is InChI=1S/C9H22N2O/c1-2-11(8-5-6-10)7-3-4-9-12/h12H,2-10H2,1H3. The van der Waals surface area contributed by atoms with Crippen LogP contribution in [0.5, 0.6) is 0 Å². The highest BCUT2D eigenvalue weighted by Crippen LogP contribution is 1.95. The average Bonchev–Trinajstić information content (AvgIpc) is 2.11. The van der Waals surface area contributed by atoms with Gasteiger partial charge in [-0.1, -0.05) is 6.92 Å². The fraction of sp³-hybridized carbons (Fsp3) is 1.00. The van der Waals surface area contributed by atoms with Crippen molar-refractivity contribution in [3.8, 4) is 0 Å². The van der Waals surface area contributed by atoms with E-state index in [0.29, 0.717) is 6.61 Å². The van der Waals surface area contributed by atoms with Crippen molar-refractivity contribution < 1.29 is 5.11 Å². The molecule has 0 saturated heterocycles. The Labute approximate surface area is 75.6 Å². The van der Waals surface area contributed by atoms with Gasteiger partial charge in [0.15, 0.2) is 0 Å². The third-order valence-corrected chi connectivity index (χ3v) is 2.01. The van der Waals surface area contributed by atoms with E-state index in [9.17, 15) is 0 Å². The van der Waals surface area contributed by atoms with Crippen LogP contribution in [-0.4, -0.2) is 42.8 Å². The van der Waals surface area contributed by atoms with Crippen LogP contribution >= 0.6 is 0 Å². The van der Waals surface area contributed by atoms with Crippen LogP contribution in [0, 0.1) is 0 Å². The number of hydrogen-bond donors (Lipinski definition) is 2. The van der Waals surface area contributed by atoms with Gasteiger partial charge in [-0.25, -0.2) is 0 Å². The van der Waals surface area contributed by atoms with Gasteiger partial charge in [0.2, 0.25) is 0 Å². The van der Waals surface area contributed by atoms with Crippen molar-refractivity contribution >= 4 is 0 Å². The van der Waals surface area contributed by atoms with Gasteiger partial charge in [-0.15, -0.1) is 0 Å². The summed E-state index contributed by atoms with van der Waals surface area (Å²) in [6.45, 7) is 6.53. The second-order valence-corrected chi connectivity index (χ2v) is 3.01. The molecular weight excluding hydrogens is 152 g/mol. The number of rotatable bonds is 8. The number of nitrogens with two attached hydrogens (primary N) is 1. The molecule has 3 heteroatoms. The second kappa shape index (κ2) is 8.97. The molecule has 0 radical (unpaired) electrons. The SMILES string of the molecule is CCN(CCCN)CCCCO. The van der Waals surface area contributed by atoms with E-state index in [1.54, 1.807) is 0 Å². The van der Waals surface area contributed by atoms with Crippen LogP contribution in [-0.2, 0) is 0 Å². The molecule has 0 aromatic rings. The molecule has 0 saturated carbocycles. The van der Waals surface area contributed by atoms with E-state index in [-0.39, 0.29) is 0 Å². The first-order valence-corrected chi connectivity index (χ1v) is 4.88. The Hall–Kier alpha value is -0.120. The van der Waals surface area contributed by atoms with Crippen molar-refractivity contribution in [3.63, 3.8) is 0 Å². The van der Waals surface area contributed by atoms with Gasteiger partial charge < -0.3 is 15.7 Å². The molecule has 0 unspecified atom stereocenters. The number of aliphatic hydroxyl groups is 1. The summed E-state index contributed by atoms with van der Waals surface area (Å²) in [7, 11) is 0. The van der Waals surface area contributed by atoms with Gasteiger partial charge in [0.25, 0.3) is 0 Å². The van der Waals surface area contributed by atoms with Gasteiger partial charge >= 0.3 is 0 Å². The Bertz CT molecular complexity index is 88.6. The fourth-order valence-corrected chi connectivity index (χ4v) is 1.19. The molecule has 0 aliphatic carbocycles. The Morgan fingerprint density at radius 3 is 2.33 bits per heavy atom. The molecule has 12 heavy (non-hydrogen) atoms. The summed E-state index contributed by atoms with van der Waals surface area (Å²) >= 11 is 0. The third-order valence-electron chi connectivity index (χ3n) is 2.01. The highest BCUT2D eigenvalue weighted by Gasteiger charge is 1.99. The van der Waals surface area contributed by atoms with E-state index >= 15 is 0 Å². The molecule has 3 nitrogen and oxygen atoms in total. The molecule has 0 aliphatic rings. The molecule has 3 N–H and O–H groups in total. The monoisotopic (exact) mass is 174 g/mol. The predicted octanol–water partition coefficient (Wildman–Crippen LogP) is 0.430. The van der Waals surface area contributed by atoms with Crippen LogP contribution in [0.25, 0.3) is 0 Å². The van der Waals surface area contributed by atoms with Crippen LogP contribution in [0.4, 0.5) is 0 Å². The molecule has 0 amide bonds. The van der Waals surface area contributed by atoms with E-state index in [1.807, 2.05) is 0 Å². The zero-order chi connectivity index (χ0) is 9.23. The second-order valence-electron chi connectivity index (χ2n) is 3.01. The molecule has 0 spiro atoms. The Kier molecular flexibility index (Phi) is 8.88. The smallest absolute Gasteiger partial charge is 0.0431 e. The Morgan fingerprint density at radius 2 is 1.83 bits per heavy atom. The lowest BCUT2D eigenvalue weighted by Crippen LogP contribution is -2.27. The minimum absolute atomic E-state index is 0.314. The third kappa shape index (κ3) is 6.58. The zero-order valence-corrected chi connectivity index (χ0v) is 8.13. The van der Waals surface area contributed by atoms with E-state index in [0.717, 1.165) is 45.4 Å². The van der Waals surface area contributed by atoms with Crippen molar-refractivity contribution in [1.82, 2.24) is 4.90 Å². The summed E-state index contributed by atoms with van der Waals surface area (Å²) in [5.41, 5.74) is 5.42. The van der Waals surface area contributed by atoms with Crippen molar-refractivity contribution in [1.29, 1.82) is 0 Å². The van der Waals surface area contributed by atoms with E-state index in [1.165, 1.54) is 0 Å². The molecule has 0 heterocycles. The van der Waals surface area contributed by atoms with Crippen molar-refractivity contribution in [2.24, 2.45) is 5.73 Å². The maximum Gasteiger partial charge on any atom is 0.0431 e. The number of aliphatic hydroxyl groups excluding tert-OH is 1. The summed E-state index contributed by atoms with van der Waals surface area (Å²) in [5.74, 6) is 0. The first-order valence-electron chi connectivity index (χ1n) is 4.88. The number of nitrogens with zero attached hydrogens (tertiary/aromatic N) is 1. The Morgan fingerprint density at radius 1 is 1.17 bits per heavy atom. The lowest BCUT2D eigenvalue weighted by Gasteiger charge is -2.19. The topological polar surface area (TPSA) is 49.5 Å². The van der Waals surface area contributed by atoms with Crippen LogP contribution < -0.4 is 5.73 Å². The van der Waals surface area contributed by atoms with Crippen LogP contribution in [0.15, 0.2) is 0 Å². The van der Waals surface area contributed by atoms with Crippen LogP contribution in [0.2, 0.25) is 0 Å². The predicted molar refractivity (Wildman–Crippen MR) is 52.1 cm³/mol. The molecule has 74 valence electrons. The van der Waals surface area contributed by atoms with E-state index in [4.69, 9.17) is 10.8 Å². The van der Waals surface area contributed by atoms with Gasteiger partial charge in [0, 0.05) is 6.61 Å². The maximum absolute atomic E-state index is 8.59. The van der Waals surface area contributed by atoms with Crippen molar-refractivity contribution in [2.75, 3.05) is 32.8 Å². The molecule has 0 aromatic carbocycles. The first kappa shape index (κ1) is 11.9. The van der Waals surface area contributed by atoms with Gasteiger partial charge in [0.1, 0.15) is 0 Å². The summed E-state index contributed by atoms with van der Waals surface area (Å²) < 4.78 is 0. The molecule has 0 bridgehead atoms. The zero-order valence-electron chi connectivity index (χ0n) is 8.13. The maximum atomic E-state index is 8.59. The minimum atomic E-state index is 0.314. The molecular formula is C9H22N2O. The first-order chi connectivity index (χ1) is 5.85. The molecule has 0 aliphatic heterocycles. The molecule has 0 fully saturated rings. The van der Waals surface area contributed by atoms with E-state index in [2.05, 4.69) is 11.8 Å². The summed E-state index contributed by atoms with van der Waals surface area (Å²) in [6, 6.07) is 0. The lowest BCUT2D eigenvalue weighted by atomic mass is 10.3. The summed E-state index contributed by atoms with van der Waals surface area (Å²) in [5, 5.41) is 8.59. The highest BCUT2D eigenvalue weighted by atomic mass is 16.2. The normalized spacial score (nSPS) is 11.0. The van der Waals surface area contributed by atoms with E-state index < -0.39 is 0 Å². The van der Waals surface area contributed by atoms with Gasteiger partial charge in [-0.3, -0.25) is 0 Å². The average molecular weight is 174 g/mol. The largest absolute Gasteiger partial charge is 0.396 e. The van der Waals surface area contributed by atoms with Gasteiger partial charge in [0.05, 0.1) is 0 Å². The minimum Gasteiger partial charge on any atom is -0.396 e. The van der Waals surface area contributed by atoms with Gasteiger partial charge in [-0.2, -0.15) is 0 Å². The molecule has 0 atom stereocenters. The molecule has 0 rings (SSSR count). The van der Waals surface area contributed by atoms with Crippen LogP contribution in [0.3, 0.4) is 0 Å². The number of unbranched alkanes of at least 4 members (excludes halogenated alkanes) is 1.